The van der Waals surface area contributed by atoms with Crippen LogP contribution in [0, 0.1) is 6.92 Å². The minimum Gasteiger partial charge on any atom is -0.350 e. The van der Waals surface area contributed by atoms with Crippen LogP contribution >= 0.6 is 0 Å². The number of primary amides is 1. The van der Waals surface area contributed by atoms with Crippen molar-refractivity contribution in [3.05, 3.63) is 30.0 Å². The predicted molar refractivity (Wildman–Crippen MR) is 72.1 cm³/mol. The fraction of sp³-hybridized carbons (Fsp3) is 0.385. The Balaban J connectivity index is 0.000000581. The first kappa shape index (κ1) is 15.2. The summed E-state index contributed by atoms with van der Waals surface area (Å²) in [5.41, 5.74) is 7.01. The molecule has 0 aliphatic carbocycles. The van der Waals surface area contributed by atoms with Crippen LogP contribution in [-0.4, -0.2) is 15.8 Å². The molecule has 0 spiro atoms. The van der Waals surface area contributed by atoms with Crippen LogP contribution in [0.1, 0.15) is 33.3 Å². The molecule has 17 heavy (non-hydrogen) atoms. The van der Waals surface area contributed by atoms with E-state index in [9.17, 15) is 4.79 Å². The van der Waals surface area contributed by atoms with E-state index < -0.39 is 6.03 Å². The second-order valence-electron chi connectivity index (χ2n) is 2.96. The third-order valence-corrected chi connectivity index (χ3v) is 1.93. The molecule has 1 aromatic heterocycles. The molecule has 1 aromatic carbocycles. The minimum atomic E-state index is -0.557. The van der Waals surface area contributed by atoms with Crippen LogP contribution < -0.4 is 5.73 Å². The first-order chi connectivity index (χ1) is 8.18. The summed E-state index contributed by atoms with van der Waals surface area (Å²) in [4.78, 5) is 10.9. The molecular weight excluding hydrogens is 214 g/mol. The van der Waals surface area contributed by atoms with Crippen molar-refractivity contribution in [2.75, 3.05) is 0 Å². The number of nitrogens with zero attached hydrogens (tertiary/aromatic N) is 2. The smallest absolute Gasteiger partial charge is 0.340 e. The average molecular weight is 235 g/mol. The minimum absolute atomic E-state index is 0.557. The molecule has 0 fully saturated rings. The van der Waals surface area contributed by atoms with Gasteiger partial charge in [-0.05, 0) is 19.1 Å². The summed E-state index contributed by atoms with van der Waals surface area (Å²) in [6.45, 7) is 9.99. The maximum atomic E-state index is 10.9. The van der Waals surface area contributed by atoms with E-state index >= 15 is 0 Å². The molecule has 0 atom stereocenters. The van der Waals surface area contributed by atoms with Crippen LogP contribution in [0.5, 0.6) is 0 Å². The van der Waals surface area contributed by atoms with E-state index in [1.807, 2.05) is 52.8 Å². The van der Waals surface area contributed by atoms with Crippen LogP contribution in [0.3, 0.4) is 0 Å². The van der Waals surface area contributed by atoms with Gasteiger partial charge in [-0.25, -0.2) is 4.79 Å². The fourth-order valence-electron chi connectivity index (χ4n) is 1.33. The third kappa shape index (κ3) is 3.59. The maximum Gasteiger partial charge on any atom is 0.340 e. The van der Waals surface area contributed by atoms with Crippen LogP contribution in [0.25, 0.3) is 10.9 Å². The number of carbonyl (C=O) groups is 1. The molecule has 2 aromatic rings. The van der Waals surface area contributed by atoms with Crippen molar-refractivity contribution in [3.8, 4) is 0 Å². The Morgan fingerprint density at radius 2 is 1.82 bits per heavy atom. The van der Waals surface area contributed by atoms with Crippen LogP contribution in [0.2, 0.25) is 0 Å². The van der Waals surface area contributed by atoms with Gasteiger partial charge in [-0.3, -0.25) is 0 Å². The summed E-state index contributed by atoms with van der Waals surface area (Å²) in [6, 6.07) is 5.16. The number of amides is 1. The normalized spacial score (nSPS) is 8.76. The lowest BCUT2D eigenvalue weighted by molar-refractivity contribution is 0.248. The largest absolute Gasteiger partial charge is 0.350 e. The Morgan fingerprint density at radius 3 is 2.35 bits per heavy atom. The molecule has 1 amide bonds. The molecule has 2 rings (SSSR count). The molecule has 0 bridgehead atoms. The van der Waals surface area contributed by atoms with E-state index in [1.165, 1.54) is 4.68 Å². The van der Waals surface area contributed by atoms with Crippen molar-refractivity contribution in [1.82, 2.24) is 9.78 Å². The number of hydrogen-bond acceptors (Lipinski definition) is 2. The molecule has 4 nitrogen and oxygen atoms in total. The second-order valence-corrected chi connectivity index (χ2v) is 2.96. The highest BCUT2D eigenvalue weighted by molar-refractivity contribution is 5.89. The van der Waals surface area contributed by atoms with Gasteiger partial charge in [0.1, 0.15) is 0 Å². The van der Waals surface area contributed by atoms with Gasteiger partial charge in [-0.1, -0.05) is 39.3 Å². The van der Waals surface area contributed by atoms with Crippen LogP contribution in [0.4, 0.5) is 4.79 Å². The highest BCUT2D eigenvalue weighted by Crippen LogP contribution is 2.14. The zero-order valence-electron chi connectivity index (χ0n) is 11.2. The summed E-state index contributed by atoms with van der Waals surface area (Å²) >= 11 is 0. The molecule has 0 aliphatic rings. The molecule has 94 valence electrons. The second kappa shape index (κ2) is 7.44. The van der Waals surface area contributed by atoms with Gasteiger partial charge in [-0.15, -0.1) is 0 Å². The SMILES string of the molecule is CC.CC.Cc1ccc2c(cnn2C(N)=O)c1. The highest BCUT2D eigenvalue weighted by Gasteiger charge is 2.05. The van der Waals surface area contributed by atoms with Gasteiger partial charge in [0.15, 0.2) is 0 Å². The summed E-state index contributed by atoms with van der Waals surface area (Å²) in [5.74, 6) is 0. The molecule has 0 aliphatic heterocycles. The molecule has 0 radical (unpaired) electrons. The topological polar surface area (TPSA) is 60.9 Å². The van der Waals surface area contributed by atoms with E-state index in [2.05, 4.69) is 5.10 Å². The highest BCUT2D eigenvalue weighted by atomic mass is 16.2. The lowest BCUT2D eigenvalue weighted by atomic mass is 10.2. The summed E-state index contributed by atoms with van der Waals surface area (Å²) < 4.78 is 1.19. The summed E-state index contributed by atoms with van der Waals surface area (Å²) in [7, 11) is 0. The van der Waals surface area contributed by atoms with Gasteiger partial charge in [0.05, 0.1) is 11.7 Å². The molecule has 0 saturated carbocycles. The van der Waals surface area contributed by atoms with E-state index in [4.69, 9.17) is 5.73 Å². The average Bonchev–Trinajstić information content (AvgIpc) is 2.77. The number of fused-ring (bicyclic) bond motifs is 1. The van der Waals surface area contributed by atoms with Gasteiger partial charge in [0, 0.05) is 5.39 Å². The Labute approximate surface area is 102 Å². The number of aromatic nitrogens is 2. The van der Waals surface area contributed by atoms with E-state index in [-0.39, 0.29) is 0 Å². The molecular formula is C13H21N3O. The molecule has 1 heterocycles. The predicted octanol–water partition coefficient (Wildman–Crippen LogP) is 3.32. The number of nitrogens with two attached hydrogens (primary N) is 1. The van der Waals surface area contributed by atoms with Crippen molar-refractivity contribution < 1.29 is 4.79 Å². The van der Waals surface area contributed by atoms with E-state index in [0.717, 1.165) is 16.5 Å². The Bertz CT molecular complexity index is 474. The van der Waals surface area contributed by atoms with Gasteiger partial charge in [-0.2, -0.15) is 9.78 Å². The van der Waals surface area contributed by atoms with Gasteiger partial charge in [0.2, 0.25) is 0 Å². The fourth-order valence-corrected chi connectivity index (χ4v) is 1.33. The number of aryl methyl sites for hydroxylation is 1. The van der Waals surface area contributed by atoms with E-state index in [0.29, 0.717) is 0 Å². The monoisotopic (exact) mass is 235 g/mol. The van der Waals surface area contributed by atoms with Crippen molar-refractivity contribution >= 4 is 16.9 Å². The summed E-state index contributed by atoms with van der Waals surface area (Å²) in [5, 5.41) is 4.81. The third-order valence-electron chi connectivity index (χ3n) is 1.93. The Morgan fingerprint density at radius 1 is 1.24 bits per heavy atom. The van der Waals surface area contributed by atoms with Crippen molar-refractivity contribution in [2.45, 2.75) is 34.6 Å². The van der Waals surface area contributed by atoms with Crippen LogP contribution in [-0.2, 0) is 0 Å². The Hall–Kier alpha value is -1.84. The maximum absolute atomic E-state index is 10.9. The van der Waals surface area contributed by atoms with Crippen molar-refractivity contribution in [1.29, 1.82) is 0 Å². The zero-order valence-corrected chi connectivity index (χ0v) is 11.2. The van der Waals surface area contributed by atoms with Crippen molar-refractivity contribution in [3.63, 3.8) is 0 Å². The molecule has 4 heteroatoms. The van der Waals surface area contributed by atoms with Crippen LogP contribution in [0.15, 0.2) is 24.4 Å². The lowest BCUT2D eigenvalue weighted by Crippen LogP contribution is -2.20. The standard InChI is InChI=1S/C9H9N3O.2C2H6/c1-6-2-3-8-7(4-6)5-11-12(8)9(10)13;2*1-2/h2-5H,1H3,(H2,10,13);2*1-2H3. The molecule has 0 unspecified atom stereocenters. The number of carbonyl (C=O) groups excluding carboxylic acids is 1. The van der Waals surface area contributed by atoms with E-state index in [1.54, 1.807) is 6.20 Å². The Kier molecular flexibility index (Phi) is 6.63. The number of benzene rings is 1. The lowest BCUT2D eigenvalue weighted by Gasteiger charge is -1.96. The van der Waals surface area contributed by atoms with Gasteiger partial charge >= 0.3 is 6.03 Å². The van der Waals surface area contributed by atoms with Gasteiger partial charge < -0.3 is 5.73 Å². The first-order valence-corrected chi connectivity index (χ1v) is 5.92. The number of hydrogen-bond donors (Lipinski definition) is 1. The summed E-state index contributed by atoms with van der Waals surface area (Å²) in [6.07, 6.45) is 1.63. The molecule has 0 saturated heterocycles. The van der Waals surface area contributed by atoms with Crippen molar-refractivity contribution in [2.24, 2.45) is 5.73 Å². The van der Waals surface area contributed by atoms with Gasteiger partial charge in [0.25, 0.3) is 0 Å². The molecule has 2 N–H and O–H groups in total. The first-order valence-electron chi connectivity index (χ1n) is 5.92. The zero-order chi connectivity index (χ0) is 13.4. The quantitative estimate of drug-likeness (QED) is 0.761. The number of rotatable bonds is 0.